The van der Waals surface area contributed by atoms with Crippen LogP contribution in [-0.4, -0.2) is 71.4 Å². The molecule has 0 aliphatic carbocycles. The van der Waals surface area contributed by atoms with E-state index in [1.54, 1.807) is 16.7 Å². The standard InChI is InChI=1S/C30H36ClN5O4/c1-18-12-21(35-8-10-36(11-9-35)29(37)40-30(3,4)5)14-22-24(31)15-25(32-26(18)22)23-13-20-16-34(6)33-27(20)19(2)28(23)39-17-38-7/h12-16H,8-11,17H2,1-7H3. The molecule has 0 radical (unpaired) electrons. The summed E-state index contributed by atoms with van der Waals surface area (Å²) in [5, 5.41) is 7.09. The summed E-state index contributed by atoms with van der Waals surface area (Å²) < 4.78 is 18.6. The van der Waals surface area contributed by atoms with Gasteiger partial charge in [-0.05, 0) is 64.4 Å². The van der Waals surface area contributed by atoms with Gasteiger partial charge in [-0.25, -0.2) is 9.78 Å². The quantitative estimate of drug-likeness (QED) is 0.270. The lowest BCUT2D eigenvalue weighted by molar-refractivity contribution is 0.0240. The number of hydrogen-bond donors (Lipinski definition) is 0. The van der Waals surface area contributed by atoms with Crippen molar-refractivity contribution in [3.05, 3.63) is 46.6 Å². The van der Waals surface area contributed by atoms with E-state index >= 15 is 0 Å². The first kappa shape index (κ1) is 28.0. The molecule has 4 aromatic rings. The van der Waals surface area contributed by atoms with E-state index in [1.165, 1.54) is 0 Å². The zero-order valence-corrected chi connectivity index (χ0v) is 24.9. The number of hydrogen-bond acceptors (Lipinski definition) is 7. The van der Waals surface area contributed by atoms with Gasteiger partial charge >= 0.3 is 6.09 Å². The summed E-state index contributed by atoms with van der Waals surface area (Å²) in [5.41, 5.74) is 5.75. The van der Waals surface area contributed by atoms with Crippen molar-refractivity contribution < 1.29 is 19.0 Å². The minimum Gasteiger partial charge on any atom is -0.466 e. The number of amides is 1. The Morgan fingerprint density at radius 3 is 2.45 bits per heavy atom. The maximum Gasteiger partial charge on any atom is 0.410 e. The second-order valence-electron chi connectivity index (χ2n) is 11.3. The maximum atomic E-state index is 12.5. The number of methoxy groups -OCH3 is 1. The molecule has 10 heteroatoms. The molecule has 3 heterocycles. The molecule has 0 saturated carbocycles. The molecule has 1 aliphatic heterocycles. The summed E-state index contributed by atoms with van der Waals surface area (Å²) in [4.78, 5) is 21.6. The van der Waals surface area contributed by atoms with Crippen LogP contribution in [0, 0.1) is 13.8 Å². The van der Waals surface area contributed by atoms with Crippen molar-refractivity contribution in [2.24, 2.45) is 7.05 Å². The lowest BCUT2D eigenvalue weighted by Gasteiger charge is -2.37. The molecule has 212 valence electrons. The molecule has 0 atom stereocenters. The molecule has 9 nitrogen and oxygen atoms in total. The van der Waals surface area contributed by atoms with Gasteiger partial charge in [0.1, 0.15) is 11.4 Å². The van der Waals surface area contributed by atoms with Crippen LogP contribution in [-0.2, 0) is 16.5 Å². The second-order valence-corrected chi connectivity index (χ2v) is 11.7. The van der Waals surface area contributed by atoms with Gasteiger partial charge in [-0.1, -0.05) is 11.6 Å². The van der Waals surface area contributed by atoms with Gasteiger partial charge in [-0.3, -0.25) is 4.68 Å². The number of nitrogens with zero attached hydrogens (tertiary/aromatic N) is 5. The van der Waals surface area contributed by atoms with Crippen molar-refractivity contribution in [3.63, 3.8) is 0 Å². The van der Waals surface area contributed by atoms with Crippen molar-refractivity contribution in [1.29, 1.82) is 0 Å². The van der Waals surface area contributed by atoms with Crippen molar-refractivity contribution in [2.75, 3.05) is 45.0 Å². The fourth-order valence-electron chi connectivity index (χ4n) is 5.16. The molecule has 2 aromatic carbocycles. The van der Waals surface area contributed by atoms with Gasteiger partial charge < -0.3 is 24.0 Å². The predicted molar refractivity (Wildman–Crippen MR) is 158 cm³/mol. The number of piperazine rings is 1. The molecule has 1 saturated heterocycles. The third-order valence-corrected chi connectivity index (χ3v) is 7.34. The van der Waals surface area contributed by atoms with Crippen LogP contribution in [0.15, 0.2) is 30.5 Å². The fraction of sp³-hybridized carbons (Fsp3) is 0.433. The Morgan fingerprint density at radius 1 is 1.05 bits per heavy atom. The summed E-state index contributed by atoms with van der Waals surface area (Å²) >= 11 is 6.93. The predicted octanol–water partition coefficient (Wildman–Crippen LogP) is 6.10. The molecule has 1 fully saturated rings. The molecule has 1 aliphatic rings. The van der Waals surface area contributed by atoms with Crippen molar-refractivity contribution in [1.82, 2.24) is 19.7 Å². The van der Waals surface area contributed by atoms with Crippen LogP contribution >= 0.6 is 11.6 Å². The first-order valence-electron chi connectivity index (χ1n) is 13.4. The molecule has 1 amide bonds. The van der Waals surface area contributed by atoms with Gasteiger partial charge in [0.2, 0.25) is 0 Å². The van der Waals surface area contributed by atoms with Crippen molar-refractivity contribution in [3.8, 4) is 17.0 Å². The van der Waals surface area contributed by atoms with Crippen LogP contribution in [0.3, 0.4) is 0 Å². The number of carbonyl (C=O) groups is 1. The van der Waals surface area contributed by atoms with Gasteiger partial charge in [0.15, 0.2) is 6.79 Å². The number of rotatable bonds is 5. The number of pyridine rings is 1. The van der Waals surface area contributed by atoms with Gasteiger partial charge in [0.05, 0.1) is 21.7 Å². The van der Waals surface area contributed by atoms with E-state index in [0.29, 0.717) is 37.0 Å². The molecular formula is C30H36ClN5O4. The van der Waals surface area contributed by atoms with E-state index in [4.69, 9.17) is 30.8 Å². The van der Waals surface area contributed by atoms with Crippen LogP contribution in [0.4, 0.5) is 10.5 Å². The summed E-state index contributed by atoms with van der Waals surface area (Å²) in [6.45, 7) is 12.4. The highest BCUT2D eigenvalue weighted by Crippen LogP contribution is 2.40. The van der Waals surface area contributed by atoms with Crippen LogP contribution < -0.4 is 9.64 Å². The number of halogens is 1. The van der Waals surface area contributed by atoms with E-state index in [9.17, 15) is 4.79 Å². The Hall–Kier alpha value is -3.56. The Kier molecular flexibility index (Phi) is 7.54. The Morgan fingerprint density at radius 2 is 1.77 bits per heavy atom. The minimum absolute atomic E-state index is 0.108. The maximum absolute atomic E-state index is 12.5. The van der Waals surface area contributed by atoms with Gasteiger partial charge in [0.25, 0.3) is 0 Å². The fourth-order valence-corrected chi connectivity index (χ4v) is 5.41. The number of anilines is 1. The molecule has 0 unspecified atom stereocenters. The Balaban J connectivity index is 1.48. The van der Waals surface area contributed by atoms with Crippen LogP contribution in [0.5, 0.6) is 5.75 Å². The highest BCUT2D eigenvalue weighted by Gasteiger charge is 2.26. The Labute approximate surface area is 239 Å². The number of aromatic nitrogens is 3. The van der Waals surface area contributed by atoms with Crippen molar-refractivity contribution >= 4 is 45.2 Å². The summed E-state index contributed by atoms with van der Waals surface area (Å²) in [6.07, 6.45) is 1.71. The number of aryl methyl sites for hydroxylation is 3. The third-order valence-electron chi connectivity index (χ3n) is 7.03. The molecular weight excluding hydrogens is 530 g/mol. The van der Waals surface area contributed by atoms with E-state index < -0.39 is 5.60 Å². The molecule has 5 rings (SSSR count). The normalized spacial score (nSPS) is 14.3. The highest BCUT2D eigenvalue weighted by atomic mass is 35.5. The van der Waals surface area contributed by atoms with Crippen LogP contribution in [0.2, 0.25) is 5.02 Å². The second kappa shape index (κ2) is 10.8. The first-order valence-corrected chi connectivity index (χ1v) is 13.8. The summed E-state index contributed by atoms with van der Waals surface area (Å²) in [7, 11) is 3.50. The van der Waals surface area contributed by atoms with E-state index in [-0.39, 0.29) is 12.9 Å². The number of ether oxygens (including phenoxy) is 3. The van der Waals surface area contributed by atoms with Crippen molar-refractivity contribution in [2.45, 2.75) is 40.2 Å². The van der Waals surface area contributed by atoms with E-state index in [0.717, 1.165) is 49.9 Å². The number of fused-ring (bicyclic) bond motifs is 2. The van der Waals surface area contributed by atoms with Gasteiger partial charge in [-0.15, -0.1) is 0 Å². The average Bonchev–Trinajstić information content (AvgIpc) is 3.28. The summed E-state index contributed by atoms with van der Waals surface area (Å²) in [5.74, 6) is 0.674. The summed E-state index contributed by atoms with van der Waals surface area (Å²) in [6, 6.07) is 8.15. The Bertz CT molecular complexity index is 1590. The monoisotopic (exact) mass is 565 g/mol. The molecule has 0 spiro atoms. The SMILES string of the molecule is COCOc1c(-c2cc(Cl)c3cc(N4CCN(C(=O)OC(C)(C)C)CC4)cc(C)c3n2)cc2cn(C)nc2c1C. The zero-order valence-electron chi connectivity index (χ0n) is 24.2. The average molecular weight is 566 g/mol. The zero-order chi connectivity index (χ0) is 28.8. The largest absolute Gasteiger partial charge is 0.466 e. The topological polar surface area (TPSA) is 82.0 Å². The number of benzene rings is 2. The van der Waals surface area contributed by atoms with Crippen LogP contribution in [0.1, 0.15) is 31.9 Å². The third kappa shape index (κ3) is 5.53. The molecule has 0 N–H and O–H groups in total. The lowest BCUT2D eigenvalue weighted by atomic mass is 10.0. The van der Waals surface area contributed by atoms with E-state index in [2.05, 4.69) is 22.1 Å². The molecule has 0 bridgehead atoms. The lowest BCUT2D eigenvalue weighted by Crippen LogP contribution is -2.50. The molecule has 40 heavy (non-hydrogen) atoms. The highest BCUT2D eigenvalue weighted by molar-refractivity contribution is 6.35. The van der Waals surface area contributed by atoms with E-state index in [1.807, 2.05) is 60.0 Å². The number of carbonyl (C=O) groups excluding carboxylic acids is 1. The van der Waals surface area contributed by atoms with Gasteiger partial charge in [0, 0.05) is 74.1 Å². The minimum atomic E-state index is -0.509. The van der Waals surface area contributed by atoms with Crippen LogP contribution in [0.25, 0.3) is 33.1 Å². The van der Waals surface area contributed by atoms with Gasteiger partial charge in [-0.2, -0.15) is 5.10 Å². The molecule has 2 aromatic heterocycles. The first-order chi connectivity index (χ1) is 18.9. The smallest absolute Gasteiger partial charge is 0.410 e.